The zero-order chi connectivity index (χ0) is 21.1. The molecule has 0 fully saturated rings. The Morgan fingerprint density at radius 3 is 2.63 bits per heavy atom. The second kappa shape index (κ2) is 8.91. The molecule has 7 nitrogen and oxygen atoms in total. The molecule has 2 aliphatic rings. The van der Waals surface area contributed by atoms with Crippen LogP contribution in [0.4, 0.5) is 0 Å². The van der Waals surface area contributed by atoms with Crippen LogP contribution in [0.5, 0.6) is 0 Å². The van der Waals surface area contributed by atoms with Crippen molar-refractivity contribution < 1.29 is 13.2 Å². The Morgan fingerprint density at radius 2 is 1.83 bits per heavy atom. The van der Waals surface area contributed by atoms with Crippen molar-refractivity contribution in [3.8, 4) is 0 Å². The van der Waals surface area contributed by atoms with E-state index in [1.807, 2.05) is 10.6 Å². The topological polar surface area (TPSA) is 74.6 Å². The van der Waals surface area contributed by atoms with E-state index in [0.717, 1.165) is 38.2 Å². The summed E-state index contributed by atoms with van der Waals surface area (Å²) in [7, 11) is -3.24. The maximum Gasteiger partial charge on any atom is 0.267 e. The number of carbonyl (C=O) groups is 1. The smallest absolute Gasteiger partial charge is 0.267 e. The number of benzene rings is 1. The lowest BCUT2D eigenvalue weighted by molar-refractivity contribution is 0.0941. The molecule has 30 heavy (non-hydrogen) atoms. The Morgan fingerprint density at radius 1 is 1.03 bits per heavy atom. The van der Waals surface area contributed by atoms with Gasteiger partial charge in [0.1, 0.15) is 5.69 Å². The lowest BCUT2D eigenvalue weighted by Gasteiger charge is -2.28. The molecule has 2 aromatic rings. The van der Waals surface area contributed by atoms with Gasteiger partial charge in [0.25, 0.3) is 5.91 Å². The molecule has 1 N–H and O–H groups in total. The molecule has 8 heteroatoms. The molecule has 0 aliphatic carbocycles. The van der Waals surface area contributed by atoms with Gasteiger partial charge in [-0.3, -0.25) is 9.69 Å². The zero-order valence-corrected chi connectivity index (χ0v) is 18.3. The summed E-state index contributed by atoms with van der Waals surface area (Å²) in [6, 6.07) is 12.3. The Bertz CT molecular complexity index is 1020. The van der Waals surface area contributed by atoms with Crippen molar-refractivity contribution in [3.05, 3.63) is 58.9 Å². The van der Waals surface area contributed by atoms with E-state index in [9.17, 15) is 13.2 Å². The summed E-state index contributed by atoms with van der Waals surface area (Å²) >= 11 is 0. The predicted molar refractivity (Wildman–Crippen MR) is 117 cm³/mol. The number of nitrogens with one attached hydrogen (secondary N) is 1. The standard InChI is InChI=1S/C22H30N4O3S/c1-30(28,29)25-13-5-14-26-20(17-25)8-9-21(26)22(27)23-11-4-12-24-15-10-18-6-2-3-7-19(18)16-24/h2-3,6-9H,4-5,10-17H2,1H3,(H,23,27). The normalized spacial score (nSPS) is 17.8. The number of hydrogen-bond donors (Lipinski definition) is 1. The number of nitrogens with zero attached hydrogens (tertiary/aromatic N) is 3. The molecule has 1 aromatic heterocycles. The molecule has 0 saturated carbocycles. The molecule has 0 saturated heterocycles. The van der Waals surface area contributed by atoms with Gasteiger partial charge in [-0.25, -0.2) is 8.42 Å². The van der Waals surface area contributed by atoms with Crippen LogP contribution in [-0.4, -0.2) is 60.5 Å². The largest absolute Gasteiger partial charge is 0.351 e. The quantitative estimate of drug-likeness (QED) is 0.710. The van der Waals surface area contributed by atoms with E-state index in [1.54, 1.807) is 6.07 Å². The summed E-state index contributed by atoms with van der Waals surface area (Å²) in [6.45, 7) is 5.10. The molecule has 0 bridgehead atoms. The van der Waals surface area contributed by atoms with Gasteiger partial charge in [0.05, 0.1) is 12.8 Å². The molecule has 4 rings (SSSR count). The van der Waals surface area contributed by atoms with Crippen molar-refractivity contribution in [3.63, 3.8) is 0 Å². The third kappa shape index (κ3) is 4.77. The molecule has 0 radical (unpaired) electrons. The van der Waals surface area contributed by atoms with Gasteiger partial charge in [0.15, 0.2) is 0 Å². The van der Waals surface area contributed by atoms with Crippen LogP contribution in [0.25, 0.3) is 0 Å². The fourth-order valence-electron chi connectivity index (χ4n) is 4.40. The first-order chi connectivity index (χ1) is 14.4. The molecule has 0 atom stereocenters. The van der Waals surface area contributed by atoms with Crippen LogP contribution in [0.1, 0.15) is 40.2 Å². The van der Waals surface area contributed by atoms with E-state index in [1.165, 1.54) is 21.7 Å². The van der Waals surface area contributed by atoms with Crippen LogP contribution >= 0.6 is 0 Å². The van der Waals surface area contributed by atoms with Gasteiger partial charge < -0.3 is 9.88 Å². The maximum absolute atomic E-state index is 12.7. The van der Waals surface area contributed by atoms with Crippen molar-refractivity contribution in [2.45, 2.75) is 38.9 Å². The summed E-state index contributed by atoms with van der Waals surface area (Å²) in [6.07, 6.45) is 3.93. The highest BCUT2D eigenvalue weighted by Gasteiger charge is 2.24. The van der Waals surface area contributed by atoms with E-state index in [-0.39, 0.29) is 5.91 Å². The highest BCUT2D eigenvalue weighted by molar-refractivity contribution is 7.88. The maximum atomic E-state index is 12.7. The molecule has 0 unspecified atom stereocenters. The van der Waals surface area contributed by atoms with Crippen LogP contribution < -0.4 is 5.32 Å². The monoisotopic (exact) mass is 430 g/mol. The highest BCUT2D eigenvalue weighted by Crippen LogP contribution is 2.20. The third-order valence-electron chi connectivity index (χ3n) is 6.05. The van der Waals surface area contributed by atoms with Crippen LogP contribution in [-0.2, 0) is 36.1 Å². The minimum Gasteiger partial charge on any atom is -0.351 e. The van der Waals surface area contributed by atoms with Gasteiger partial charge in [-0.1, -0.05) is 24.3 Å². The van der Waals surface area contributed by atoms with Crippen LogP contribution in [0.15, 0.2) is 36.4 Å². The first kappa shape index (κ1) is 21.1. The second-order valence-electron chi connectivity index (χ2n) is 8.22. The minimum absolute atomic E-state index is 0.0851. The average Bonchev–Trinajstić information content (AvgIpc) is 2.99. The Labute approximate surface area is 178 Å². The lowest BCUT2D eigenvalue weighted by Crippen LogP contribution is -2.34. The van der Waals surface area contributed by atoms with Crippen molar-refractivity contribution in [1.82, 2.24) is 19.1 Å². The van der Waals surface area contributed by atoms with Crippen LogP contribution in [0.3, 0.4) is 0 Å². The molecular formula is C22H30N4O3S. The lowest BCUT2D eigenvalue weighted by atomic mass is 10.00. The first-order valence-electron chi connectivity index (χ1n) is 10.6. The van der Waals surface area contributed by atoms with Crippen molar-refractivity contribution in [2.75, 3.05) is 32.4 Å². The van der Waals surface area contributed by atoms with Crippen molar-refractivity contribution >= 4 is 15.9 Å². The van der Waals surface area contributed by atoms with Gasteiger partial charge >= 0.3 is 0 Å². The molecular weight excluding hydrogens is 400 g/mol. The number of hydrogen-bond acceptors (Lipinski definition) is 4. The van der Waals surface area contributed by atoms with Crippen LogP contribution in [0, 0.1) is 0 Å². The van der Waals surface area contributed by atoms with Gasteiger partial charge in [-0.2, -0.15) is 4.31 Å². The summed E-state index contributed by atoms with van der Waals surface area (Å²) in [5.41, 5.74) is 4.35. The number of fused-ring (bicyclic) bond motifs is 2. The molecule has 1 aromatic carbocycles. The average molecular weight is 431 g/mol. The Balaban J connectivity index is 1.28. The van der Waals surface area contributed by atoms with Gasteiger partial charge in [0, 0.05) is 45.0 Å². The van der Waals surface area contributed by atoms with E-state index in [4.69, 9.17) is 0 Å². The zero-order valence-electron chi connectivity index (χ0n) is 17.5. The van der Waals surface area contributed by atoms with E-state index < -0.39 is 10.0 Å². The van der Waals surface area contributed by atoms with Crippen LogP contribution in [0.2, 0.25) is 0 Å². The third-order valence-corrected chi connectivity index (χ3v) is 7.30. The minimum atomic E-state index is -3.24. The SMILES string of the molecule is CS(=O)(=O)N1CCCn2c(ccc2C(=O)NCCCN2CCc3ccccc3C2)C1. The Hall–Kier alpha value is -2.16. The highest BCUT2D eigenvalue weighted by atomic mass is 32.2. The molecule has 1 amide bonds. The number of carbonyl (C=O) groups excluding carboxylic acids is 1. The summed E-state index contributed by atoms with van der Waals surface area (Å²) in [5, 5.41) is 3.04. The summed E-state index contributed by atoms with van der Waals surface area (Å²) in [5.74, 6) is -0.0851. The predicted octanol–water partition coefficient (Wildman–Crippen LogP) is 1.83. The summed E-state index contributed by atoms with van der Waals surface area (Å²) in [4.78, 5) is 15.1. The van der Waals surface area contributed by atoms with E-state index in [0.29, 0.717) is 38.3 Å². The van der Waals surface area contributed by atoms with Gasteiger partial charge in [0.2, 0.25) is 10.0 Å². The fourth-order valence-corrected chi connectivity index (χ4v) is 5.23. The van der Waals surface area contributed by atoms with Gasteiger partial charge in [-0.05, 0) is 42.5 Å². The summed E-state index contributed by atoms with van der Waals surface area (Å²) < 4.78 is 27.2. The number of sulfonamides is 1. The molecule has 0 spiro atoms. The Kier molecular flexibility index (Phi) is 6.26. The second-order valence-corrected chi connectivity index (χ2v) is 10.2. The molecule has 3 heterocycles. The van der Waals surface area contributed by atoms with Crippen molar-refractivity contribution in [1.29, 1.82) is 0 Å². The van der Waals surface area contributed by atoms with E-state index >= 15 is 0 Å². The molecule has 162 valence electrons. The van der Waals surface area contributed by atoms with Crippen molar-refractivity contribution in [2.24, 2.45) is 0 Å². The number of amides is 1. The molecule has 2 aliphatic heterocycles. The van der Waals surface area contributed by atoms with E-state index in [2.05, 4.69) is 34.5 Å². The number of aromatic nitrogens is 1. The number of rotatable bonds is 6. The van der Waals surface area contributed by atoms with Gasteiger partial charge in [-0.15, -0.1) is 0 Å². The first-order valence-corrected chi connectivity index (χ1v) is 12.5. The fraction of sp³-hybridized carbons (Fsp3) is 0.500.